The third-order valence-electron chi connectivity index (χ3n) is 1.46. The van der Waals surface area contributed by atoms with E-state index in [-0.39, 0.29) is 11.3 Å². The zero-order chi connectivity index (χ0) is 18.3. The molecule has 0 aromatic heterocycles. The van der Waals surface area contributed by atoms with Crippen molar-refractivity contribution in [3.63, 3.8) is 0 Å². The van der Waals surface area contributed by atoms with Crippen LogP contribution in [-0.2, 0) is 0 Å². The molecule has 0 aliphatic carbocycles. The first kappa shape index (κ1) is 3.57. The molecule has 3 nitrogen and oxygen atoms in total. The van der Waals surface area contributed by atoms with Gasteiger partial charge in [0.2, 0.25) is 0 Å². The van der Waals surface area contributed by atoms with E-state index in [1.807, 2.05) is 0 Å². The van der Waals surface area contributed by atoms with Gasteiger partial charge in [-0.25, -0.2) is 4.79 Å². The number of hydrogen-bond acceptors (Lipinski definition) is 2. The lowest BCUT2D eigenvalue weighted by Gasteiger charge is -2.04. The molecule has 0 unspecified atom stereocenters. The highest BCUT2D eigenvalue weighted by Crippen LogP contribution is 2.09. The molecule has 0 aliphatic heterocycles. The largest absolute Gasteiger partial charge is 0.478 e. The third kappa shape index (κ3) is 3.09. The molecule has 76 valence electrons. The number of nitrogens with one attached hydrogen (secondary N) is 1. The molecular weight excluding hydrogens is 178 g/mol. The molecule has 0 spiro atoms. The first-order valence-corrected chi connectivity index (χ1v) is 3.75. The Morgan fingerprint density at radius 3 is 2.86 bits per heavy atom. The van der Waals surface area contributed by atoms with Crippen molar-refractivity contribution in [2.75, 3.05) is 11.8 Å². The Bertz CT molecular complexity index is 580. The van der Waals surface area contributed by atoms with Crippen LogP contribution in [0.4, 0.5) is 5.69 Å². The summed E-state index contributed by atoms with van der Waals surface area (Å²) in [7, 11) is 0. The Balaban J connectivity index is 3.12. The number of carboxylic acids is 1. The molecule has 1 aromatic carbocycles. The van der Waals surface area contributed by atoms with Gasteiger partial charge in [0.15, 0.2) is 0 Å². The van der Waals surface area contributed by atoms with Crippen LogP contribution in [-0.4, -0.2) is 17.6 Å². The molecule has 14 heavy (non-hydrogen) atoms. The monoisotopic (exact) mass is 202 g/mol. The Morgan fingerprint density at radius 2 is 2.29 bits per heavy atom. The lowest BCUT2D eigenvalue weighted by atomic mass is 10.2. The van der Waals surface area contributed by atoms with E-state index < -0.39 is 32.1 Å². The van der Waals surface area contributed by atoms with Crippen LogP contribution in [0.1, 0.15) is 42.3 Å². The maximum atomic E-state index is 10.7. The van der Waals surface area contributed by atoms with Gasteiger partial charge >= 0.3 is 5.97 Å². The quantitative estimate of drug-likeness (QED) is 0.771. The second kappa shape index (κ2) is 5.27. The van der Waals surface area contributed by atoms with Crippen LogP contribution in [0.5, 0.6) is 0 Å². The Kier molecular flexibility index (Phi) is 1.34. The van der Waals surface area contributed by atoms with E-state index in [9.17, 15) is 4.79 Å². The minimum atomic E-state index is -3.46. The van der Waals surface area contributed by atoms with Gasteiger partial charge in [0.05, 0.1) is 5.56 Å². The van der Waals surface area contributed by atoms with Crippen LogP contribution in [0.15, 0.2) is 24.3 Å². The average Bonchev–Trinajstić information content (AvgIpc) is 2.37. The topological polar surface area (TPSA) is 49.3 Å². The summed E-state index contributed by atoms with van der Waals surface area (Å²) in [6, 6.07) is 4.63. The van der Waals surface area contributed by atoms with Gasteiger partial charge in [0.25, 0.3) is 0 Å². The van der Waals surface area contributed by atoms with E-state index in [1.54, 1.807) is 0 Å². The number of rotatable bonds is 5. The predicted molar refractivity (Wildman–Crippen MR) is 56.8 cm³/mol. The van der Waals surface area contributed by atoms with Crippen LogP contribution >= 0.6 is 0 Å². The van der Waals surface area contributed by atoms with E-state index in [2.05, 4.69) is 5.32 Å². The smallest absolute Gasteiger partial charge is 0.335 e. The Hall–Kier alpha value is -1.51. The van der Waals surface area contributed by atoms with Gasteiger partial charge in [-0.2, -0.15) is 0 Å². The number of hydrogen-bond donors (Lipinski definition) is 2. The standard InChI is InChI=1S/C11H15NO2/c1-2-3-8-12-10-6-4-9(5-7-10)11(13)14/h4-7,12H,2-3,8H2,1H3,(H,13,14)/i1D3,2D2,3D2,8D2. The lowest BCUT2D eigenvalue weighted by molar-refractivity contribution is 0.0697. The molecule has 0 saturated carbocycles. The molecule has 0 aliphatic rings. The van der Waals surface area contributed by atoms with Crippen LogP contribution in [0, 0.1) is 0 Å². The van der Waals surface area contributed by atoms with E-state index in [0.717, 1.165) is 12.1 Å². The summed E-state index contributed by atoms with van der Waals surface area (Å²) >= 11 is 0. The lowest BCUT2D eigenvalue weighted by Crippen LogP contribution is -2.01. The number of carboxylic acid groups (broad SMARTS) is 1. The number of anilines is 1. The summed E-state index contributed by atoms with van der Waals surface area (Å²) in [5.74, 6) is -1.20. The number of carbonyl (C=O) groups is 1. The highest BCUT2D eigenvalue weighted by molar-refractivity contribution is 5.87. The highest BCUT2D eigenvalue weighted by Gasteiger charge is 2.00. The van der Waals surface area contributed by atoms with E-state index in [0.29, 0.717) is 0 Å². The molecule has 0 amide bonds. The zero-order valence-electron chi connectivity index (χ0n) is 16.2. The van der Waals surface area contributed by atoms with Gasteiger partial charge in [-0.15, -0.1) is 0 Å². The molecule has 0 heterocycles. The number of aromatic carboxylic acids is 1. The summed E-state index contributed by atoms with van der Waals surface area (Å²) in [5.41, 5.74) is -0.0952. The predicted octanol–water partition coefficient (Wildman–Crippen LogP) is 2.60. The van der Waals surface area contributed by atoms with Gasteiger partial charge < -0.3 is 10.4 Å². The van der Waals surface area contributed by atoms with Crippen molar-refractivity contribution in [2.45, 2.75) is 19.6 Å². The summed E-state index contributed by atoms with van der Waals surface area (Å²) in [6.07, 6.45) is -6.87. The first-order chi connectivity index (χ1) is 10.1. The number of benzene rings is 1. The Morgan fingerprint density at radius 1 is 1.57 bits per heavy atom. The van der Waals surface area contributed by atoms with Gasteiger partial charge in [-0.05, 0) is 30.6 Å². The van der Waals surface area contributed by atoms with Crippen LogP contribution in [0.2, 0.25) is 0 Å². The normalized spacial score (nSPS) is 23.3. The molecule has 0 saturated heterocycles. The first-order valence-electron chi connectivity index (χ1n) is 8.25. The minimum Gasteiger partial charge on any atom is -0.478 e. The molecule has 0 radical (unpaired) electrons. The van der Waals surface area contributed by atoms with Crippen molar-refractivity contribution < 1.29 is 22.2 Å². The van der Waals surface area contributed by atoms with Crippen molar-refractivity contribution in [2.24, 2.45) is 0 Å². The van der Waals surface area contributed by atoms with Crippen LogP contribution < -0.4 is 5.32 Å². The van der Waals surface area contributed by atoms with Crippen LogP contribution in [0.25, 0.3) is 0 Å². The van der Waals surface area contributed by atoms with Crippen molar-refractivity contribution in [1.29, 1.82) is 0 Å². The van der Waals surface area contributed by atoms with E-state index >= 15 is 0 Å². The molecule has 1 rings (SSSR count). The van der Waals surface area contributed by atoms with Crippen molar-refractivity contribution in [3.8, 4) is 0 Å². The molecule has 0 bridgehead atoms. The van der Waals surface area contributed by atoms with Gasteiger partial charge in [-0.1, -0.05) is 13.2 Å². The fraction of sp³-hybridized carbons (Fsp3) is 0.364. The second-order valence-corrected chi connectivity index (χ2v) is 2.38. The molecule has 3 heteroatoms. The molecular formula is C11H15NO2. The SMILES string of the molecule is [2H]C([2H])([2H])C([2H])([2H])C([2H])([2H])C([2H])([2H])Nc1ccc(C(=O)O)cc1. The van der Waals surface area contributed by atoms with Crippen LogP contribution in [0.3, 0.4) is 0 Å². The van der Waals surface area contributed by atoms with Gasteiger partial charge in [0.1, 0.15) is 0 Å². The molecule has 0 fully saturated rings. The summed E-state index contributed by atoms with van der Waals surface area (Å²) in [6.45, 7) is -6.45. The Labute approximate surface area is 96.4 Å². The summed E-state index contributed by atoms with van der Waals surface area (Å²) in [5, 5.41) is 10.8. The zero-order valence-corrected chi connectivity index (χ0v) is 7.16. The van der Waals surface area contributed by atoms with Crippen molar-refractivity contribution in [3.05, 3.63) is 29.8 Å². The summed E-state index contributed by atoms with van der Waals surface area (Å²) in [4.78, 5) is 10.7. The molecule has 0 atom stereocenters. The average molecular weight is 202 g/mol. The highest BCUT2D eigenvalue weighted by atomic mass is 16.4. The molecule has 1 aromatic rings. The molecule has 2 N–H and O–H groups in total. The third-order valence-corrected chi connectivity index (χ3v) is 1.46. The summed E-state index contributed by atoms with van der Waals surface area (Å²) < 4.78 is 66.9. The maximum Gasteiger partial charge on any atom is 0.335 e. The fourth-order valence-electron chi connectivity index (χ4n) is 0.831. The maximum absolute atomic E-state index is 10.7. The van der Waals surface area contributed by atoms with Gasteiger partial charge in [-0.3, -0.25) is 0 Å². The van der Waals surface area contributed by atoms with E-state index in [4.69, 9.17) is 17.4 Å². The second-order valence-electron chi connectivity index (χ2n) is 2.38. The fourth-order valence-corrected chi connectivity index (χ4v) is 0.831. The van der Waals surface area contributed by atoms with E-state index in [1.165, 1.54) is 12.1 Å². The van der Waals surface area contributed by atoms with Crippen molar-refractivity contribution in [1.82, 2.24) is 0 Å². The van der Waals surface area contributed by atoms with Gasteiger partial charge in [0, 0.05) is 24.5 Å². The van der Waals surface area contributed by atoms with Crippen molar-refractivity contribution >= 4 is 11.7 Å². The minimum absolute atomic E-state index is 0.0229.